The number of H-pyrrole nitrogens is 1. The number of benzene rings is 3. The van der Waals surface area contributed by atoms with E-state index in [0.717, 1.165) is 28.1 Å². The van der Waals surface area contributed by atoms with Crippen LogP contribution in [0.15, 0.2) is 116 Å². The number of nitrogens with zero attached hydrogens (tertiary/aromatic N) is 3. The van der Waals surface area contributed by atoms with Gasteiger partial charge in [-0.3, -0.25) is 9.59 Å². The van der Waals surface area contributed by atoms with E-state index in [1.807, 2.05) is 67.1 Å². The number of rotatable bonds is 10. The fourth-order valence-electron chi connectivity index (χ4n) is 4.56. The topological polar surface area (TPSA) is 121 Å². The monoisotopic (exact) mass is 522 g/mol. The molecule has 0 saturated heterocycles. The lowest BCUT2D eigenvalue weighted by molar-refractivity contribution is -0.138. The van der Waals surface area contributed by atoms with Crippen LogP contribution in [0.5, 0.6) is 0 Å². The molecular formula is C31H30N4O4. The fourth-order valence-corrected chi connectivity index (χ4v) is 4.56. The molecule has 2 heterocycles. The Labute approximate surface area is 226 Å². The van der Waals surface area contributed by atoms with Crippen LogP contribution in [0.2, 0.25) is 0 Å². The molecule has 2 aromatic heterocycles. The second kappa shape index (κ2) is 13.0. The maximum absolute atomic E-state index is 11.0. The molecule has 0 aliphatic rings. The van der Waals surface area contributed by atoms with E-state index in [2.05, 4.69) is 55.9 Å². The number of imidazole rings is 2. The standard InChI is InChI=1S/C25H22N2O2.C6H8N2O2/c28-24(29)17-16-23-18-27(19-26-23)25(20-10-4-1-5-11-20,21-12-6-2-7-13-21)22-14-8-3-9-15-22;9-6(10)2-1-5-3-7-4-8-5/h1-15,18-19H,16-17H2,(H,28,29);3-4H,1-2H2,(H,7,8)(H,9,10). The van der Waals surface area contributed by atoms with Crippen molar-refractivity contribution in [1.82, 2.24) is 19.5 Å². The summed E-state index contributed by atoms with van der Waals surface area (Å²) < 4.78 is 2.10. The molecule has 0 aliphatic heterocycles. The van der Waals surface area contributed by atoms with Gasteiger partial charge in [-0.1, -0.05) is 91.0 Å². The molecule has 5 aromatic rings. The van der Waals surface area contributed by atoms with Crippen molar-refractivity contribution in [2.75, 3.05) is 0 Å². The van der Waals surface area contributed by atoms with Gasteiger partial charge in [-0.2, -0.15) is 0 Å². The van der Waals surface area contributed by atoms with Crippen LogP contribution >= 0.6 is 0 Å². The Hall–Kier alpha value is -4.98. The third-order valence-electron chi connectivity index (χ3n) is 6.36. The number of aryl methyl sites for hydroxylation is 2. The predicted octanol–water partition coefficient (Wildman–Crippen LogP) is 5.17. The predicted molar refractivity (Wildman–Crippen MR) is 147 cm³/mol. The molecule has 3 N–H and O–H groups in total. The third-order valence-corrected chi connectivity index (χ3v) is 6.36. The molecule has 39 heavy (non-hydrogen) atoms. The van der Waals surface area contributed by atoms with Crippen molar-refractivity contribution in [2.45, 2.75) is 31.2 Å². The smallest absolute Gasteiger partial charge is 0.303 e. The molecule has 0 spiro atoms. The summed E-state index contributed by atoms with van der Waals surface area (Å²) in [6.07, 6.45) is 8.08. The molecule has 3 aromatic carbocycles. The molecule has 0 atom stereocenters. The summed E-state index contributed by atoms with van der Waals surface area (Å²) in [4.78, 5) is 32.2. The van der Waals surface area contributed by atoms with Crippen LogP contribution < -0.4 is 0 Å². The van der Waals surface area contributed by atoms with Gasteiger partial charge in [0.05, 0.1) is 31.2 Å². The number of carbonyl (C=O) groups is 2. The first kappa shape index (κ1) is 27.1. The van der Waals surface area contributed by atoms with Crippen molar-refractivity contribution in [3.05, 3.63) is 144 Å². The van der Waals surface area contributed by atoms with Crippen LogP contribution in [0, 0.1) is 0 Å². The highest BCUT2D eigenvalue weighted by molar-refractivity contribution is 5.67. The second-order valence-corrected chi connectivity index (χ2v) is 8.95. The zero-order chi connectivity index (χ0) is 27.5. The van der Waals surface area contributed by atoms with Gasteiger partial charge in [0.1, 0.15) is 5.54 Å². The molecule has 0 saturated carbocycles. The molecule has 8 nitrogen and oxygen atoms in total. The second-order valence-electron chi connectivity index (χ2n) is 8.95. The summed E-state index contributed by atoms with van der Waals surface area (Å²) in [6.45, 7) is 0. The van der Waals surface area contributed by atoms with Crippen molar-refractivity contribution in [2.24, 2.45) is 0 Å². The van der Waals surface area contributed by atoms with Crippen LogP contribution in [0.3, 0.4) is 0 Å². The zero-order valence-corrected chi connectivity index (χ0v) is 21.4. The third kappa shape index (κ3) is 6.67. The normalized spacial score (nSPS) is 10.9. The molecular weight excluding hydrogens is 492 g/mol. The number of hydrogen-bond acceptors (Lipinski definition) is 4. The van der Waals surface area contributed by atoms with E-state index >= 15 is 0 Å². The minimum atomic E-state index is -0.819. The molecule has 0 amide bonds. The number of aliphatic carboxylic acids is 2. The lowest BCUT2D eigenvalue weighted by Gasteiger charge is -2.37. The van der Waals surface area contributed by atoms with E-state index in [0.29, 0.717) is 12.8 Å². The van der Waals surface area contributed by atoms with Crippen LogP contribution in [0.25, 0.3) is 0 Å². The minimum Gasteiger partial charge on any atom is -0.481 e. The first-order valence-electron chi connectivity index (χ1n) is 12.6. The number of aromatic amines is 1. The Morgan fingerprint density at radius 1 is 0.744 bits per heavy atom. The number of hydrogen-bond donors (Lipinski definition) is 3. The van der Waals surface area contributed by atoms with E-state index in [1.54, 1.807) is 6.20 Å². The Balaban J connectivity index is 0.000000298. The molecule has 0 unspecified atom stereocenters. The Bertz CT molecular complexity index is 1350. The highest BCUT2D eigenvalue weighted by atomic mass is 16.4. The molecule has 0 aliphatic carbocycles. The molecule has 0 radical (unpaired) electrons. The lowest BCUT2D eigenvalue weighted by Crippen LogP contribution is -2.36. The van der Waals surface area contributed by atoms with Crippen molar-refractivity contribution in [3.8, 4) is 0 Å². The number of carboxylic acids is 2. The van der Waals surface area contributed by atoms with Gasteiger partial charge in [0, 0.05) is 24.5 Å². The van der Waals surface area contributed by atoms with Gasteiger partial charge in [-0.05, 0) is 23.1 Å². The van der Waals surface area contributed by atoms with E-state index in [9.17, 15) is 9.59 Å². The van der Waals surface area contributed by atoms with E-state index < -0.39 is 17.5 Å². The van der Waals surface area contributed by atoms with Crippen LogP contribution in [0.1, 0.15) is 40.9 Å². The Kier molecular flexibility index (Phi) is 9.03. The first-order valence-corrected chi connectivity index (χ1v) is 12.6. The average Bonchev–Trinajstić information content (AvgIpc) is 3.66. The van der Waals surface area contributed by atoms with E-state index in [-0.39, 0.29) is 12.8 Å². The summed E-state index contributed by atoms with van der Waals surface area (Å²) >= 11 is 0. The number of nitrogens with one attached hydrogen (secondary N) is 1. The van der Waals surface area contributed by atoms with E-state index in [4.69, 9.17) is 10.2 Å². The SMILES string of the molecule is O=C(O)CCc1cn(C(c2ccccc2)(c2ccccc2)c2ccccc2)cn1.O=C(O)CCc1cnc[nH]1. The highest BCUT2D eigenvalue weighted by Crippen LogP contribution is 2.40. The summed E-state index contributed by atoms with van der Waals surface area (Å²) in [6, 6.07) is 31.0. The lowest BCUT2D eigenvalue weighted by atomic mass is 9.77. The number of carboxylic acid groups (broad SMARTS) is 2. The molecule has 198 valence electrons. The summed E-state index contributed by atoms with van der Waals surface area (Å²) in [5.41, 5.74) is 4.35. The maximum Gasteiger partial charge on any atom is 0.303 e. The maximum atomic E-state index is 11.0. The molecule has 0 bridgehead atoms. The van der Waals surface area contributed by atoms with Crippen LogP contribution in [0.4, 0.5) is 0 Å². The summed E-state index contributed by atoms with van der Waals surface area (Å²) in [5.74, 6) is -1.60. The first-order chi connectivity index (χ1) is 19.0. The fraction of sp³-hybridized carbons (Fsp3) is 0.161. The van der Waals surface area contributed by atoms with Crippen LogP contribution in [-0.2, 0) is 28.0 Å². The van der Waals surface area contributed by atoms with Crippen molar-refractivity contribution in [1.29, 1.82) is 0 Å². The van der Waals surface area contributed by atoms with Gasteiger partial charge in [0.25, 0.3) is 0 Å². The van der Waals surface area contributed by atoms with Crippen molar-refractivity contribution >= 4 is 11.9 Å². The zero-order valence-electron chi connectivity index (χ0n) is 21.4. The van der Waals surface area contributed by atoms with E-state index in [1.165, 1.54) is 6.33 Å². The summed E-state index contributed by atoms with van der Waals surface area (Å²) in [5, 5.41) is 17.3. The average molecular weight is 523 g/mol. The highest BCUT2D eigenvalue weighted by Gasteiger charge is 2.38. The van der Waals surface area contributed by atoms with Crippen LogP contribution in [-0.4, -0.2) is 41.7 Å². The quantitative estimate of drug-likeness (QED) is 0.218. The molecule has 8 heteroatoms. The number of aromatic nitrogens is 4. The van der Waals surface area contributed by atoms with Gasteiger partial charge in [-0.25, -0.2) is 9.97 Å². The Morgan fingerprint density at radius 3 is 1.67 bits per heavy atom. The molecule has 0 fully saturated rings. The van der Waals surface area contributed by atoms with Gasteiger partial charge in [0.2, 0.25) is 0 Å². The van der Waals surface area contributed by atoms with Gasteiger partial charge in [-0.15, -0.1) is 0 Å². The van der Waals surface area contributed by atoms with Gasteiger partial charge in [0.15, 0.2) is 0 Å². The Morgan fingerprint density at radius 2 is 1.23 bits per heavy atom. The largest absolute Gasteiger partial charge is 0.481 e. The van der Waals surface area contributed by atoms with Gasteiger partial charge >= 0.3 is 11.9 Å². The van der Waals surface area contributed by atoms with Gasteiger partial charge < -0.3 is 19.8 Å². The summed E-state index contributed by atoms with van der Waals surface area (Å²) in [7, 11) is 0. The minimum absolute atomic E-state index is 0.0615. The molecule has 5 rings (SSSR count). The van der Waals surface area contributed by atoms with Crippen molar-refractivity contribution in [3.63, 3.8) is 0 Å². The van der Waals surface area contributed by atoms with Crippen molar-refractivity contribution < 1.29 is 19.8 Å².